The third-order valence-corrected chi connectivity index (χ3v) is 3.81. The first-order valence-electron chi connectivity index (χ1n) is 7.44. The summed E-state index contributed by atoms with van der Waals surface area (Å²) in [5.41, 5.74) is 0. The predicted octanol–water partition coefficient (Wildman–Crippen LogP) is 0.273. The van der Waals surface area contributed by atoms with Crippen LogP contribution in [-0.2, 0) is 23.8 Å². The van der Waals surface area contributed by atoms with Crippen LogP contribution in [0, 0.1) is 0 Å². The fraction of sp³-hybridized carbons (Fsp3) is 0.857. The summed E-state index contributed by atoms with van der Waals surface area (Å²) >= 11 is 0. The molecule has 0 aromatic heterocycles. The SMILES string of the molecule is C[C@H](OC[C@@H]1CCCCO1)C(=O)N1CCO[C@@H](C(=O)O)C1. The topological polar surface area (TPSA) is 85.3 Å². The van der Waals surface area contributed by atoms with Gasteiger partial charge in [-0.1, -0.05) is 0 Å². The van der Waals surface area contributed by atoms with Crippen LogP contribution in [0.1, 0.15) is 26.2 Å². The van der Waals surface area contributed by atoms with E-state index in [0.717, 1.165) is 25.9 Å². The lowest BCUT2D eigenvalue weighted by Crippen LogP contribution is -2.51. The molecule has 0 saturated carbocycles. The minimum Gasteiger partial charge on any atom is -0.479 e. The molecule has 0 radical (unpaired) electrons. The van der Waals surface area contributed by atoms with Crippen molar-refractivity contribution in [3.05, 3.63) is 0 Å². The number of carboxylic acid groups (broad SMARTS) is 1. The molecule has 0 aliphatic carbocycles. The van der Waals surface area contributed by atoms with E-state index in [1.54, 1.807) is 6.92 Å². The zero-order chi connectivity index (χ0) is 15.2. The number of carbonyl (C=O) groups is 2. The number of ether oxygens (including phenoxy) is 3. The Kier molecular flexibility index (Phi) is 5.96. The van der Waals surface area contributed by atoms with Crippen molar-refractivity contribution in [1.29, 1.82) is 0 Å². The maximum Gasteiger partial charge on any atom is 0.334 e. The summed E-state index contributed by atoms with van der Waals surface area (Å²) < 4.78 is 16.2. The van der Waals surface area contributed by atoms with Crippen molar-refractivity contribution in [1.82, 2.24) is 4.90 Å². The van der Waals surface area contributed by atoms with Crippen molar-refractivity contribution in [2.24, 2.45) is 0 Å². The van der Waals surface area contributed by atoms with Crippen molar-refractivity contribution in [2.75, 3.05) is 32.9 Å². The number of carbonyl (C=O) groups excluding carboxylic acids is 1. The summed E-state index contributed by atoms with van der Waals surface area (Å²) in [5.74, 6) is -1.24. The molecule has 21 heavy (non-hydrogen) atoms. The van der Waals surface area contributed by atoms with Crippen LogP contribution in [-0.4, -0.2) is 73.1 Å². The highest BCUT2D eigenvalue weighted by Gasteiger charge is 2.31. The van der Waals surface area contributed by atoms with Crippen LogP contribution < -0.4 is 0 Å². The van der Waals surface area contributed by atoms with E-state index in [2.05, 4.69) is 0 Å². The van der Waals surface area contributed by atoms with Gasteiger partial charge in [-0.2, -0.15) is 0 Å². The maximum atomic E-state index is 12.3. The normalized spacial score (nSPS) is 28.1. The highest BCUT2D eigenvalue weighted by molar-refractivity contribution is 5.82. The van der Waals surface area contributed by atoms with E-state index in [4.69, 9.17) is 19.3 Å². The monoisotopic (exact) mass is 301 g/mol. The van der Waals surface area contributed by atoms with E-state index in [-0.39, 0.29) is 25.2 Å². The van der Waals surface area contributed by atoms with E-state index in [1.165, 1.54) is 4.90 Å². The van der Waals surface area contributed by atoms with Crippen molar-refractivity contribution in [2.45, 2.75) is 44.5 Å². The molecule has 1 amide bonds. The minimum absolute atomic E-state index is 0.0606. The van der Waals surface area contributed by atoms with Gasteiger partial charge in [0.25, 0.3) is 5.91 Å². The Hall–Kier alpha value is -1.18. The summed E-state index contributed by atoms with van der Waals surface area (Å²) in [6.07, 6.45) is 1.68. The molecule has 0 aromatic rings. The van der Waals surface area contributed by atoms with Crippen LogP contribution in [0.15, 0.2) is 0 Å². The molecule has 2 aliphatic rings. The minimum atomic E-state index is -1.04. The van der Waals surface area contributed by atoms with Gasteiger partial charge in [0.05, 0.1) is 25.9 Å². The molecule has 0 spiro atoms. The van der Waals surface area contributed by atoms with Crippen LogP contribution in [0.5, 0.6) is 0 Å². The number of hydrogen-bond donors (Lipinski definition) is 1. The van der Waals surface area contributed by atoms with E-state index in [1.807, 2.05) is 0 Å². The molecule has 2 rings (SSSR count). The van der Waals surface area contributed by atoms with E-state index in [0.29, 0.717) is 13.2 Å². The average Bonchev–Trinajstić information content (AvgIpc) is 2.53. The molecule has 2 fully saturated rings. The average molecular weight is 301 g/mol. The molecule has 120 valence electrons. The highest BCUT2D eigenvalue weighted by Crippen LogP contribution is 2.14. The smallest absolute Gasteiger partial charge is 0.334 e. The van der Waals surface area contributed by atoms with Gasteiger partial charge in [0, 0.05) is 13.2 Å². The first kappa shape index (κ1) is 16.2. The molecule has 3 atom stereocenters. The van der Waals surface area contributed by atoms with Gasteiger partial charge in [0.15, 0.2) is 6.10 Å². The number of hydrogen-bond acceptors (Lipinski definition) is 5. The van der Waals surface area contributed by atoms with E-state index in [9.17, 15) is 9.59 Å². The summed E-state index contributed by atoms with van der Waals surface area (Å²) in [5, 5.41) is 8.94. The van der Waals surface area contributed by atoms with Crippen LogP contribution in [0.25, 0.3) is 0 Å². The Balaban J connectivity index is 1.76. The molecule has 7 heteroatoms. The van der Waals surface area contributed by atoms with Gasteiger partial charge < -0.3 is 24.2 Å². The second-order valence-corrected chi connectivity index (χ2v) is 5.45. The fourth-order valence-electron chi connectivity index (χ4n) is 2.52. The van der Waals surface area contributed by atoms with E-state index < -0.39 is 18.2 Å². The zero-order valence-electron chi connectivity index (χ0n) is 12.3. The first-order valence-corrected chi connectivity index (χ1v) is 7.44. The summed E-state index contributed by atoms with van der Waals surface area (Å²) in [4.78, 5) is 24.7. The highest BCUT2D eigenvalue weighted by atomic mass is 16.5. The Morgan fingerprint density at radius 1 is 1.33 bits per heavy atom. The van der Waals surface area contributed by atoms with E-state index >= 15 is 0 Å². The summed E-state index contributed by atoms with van der Waals surface area (Å²) in [6, 6.07) is 0. The van der Waals surface area contributed by atoms with Crippen LogP contribution in [0.4, 0.5) is 0 Å². The quantitative estimate of drug-likeness (QED) is 0.784. The Bertz CT molecular complexity index is 368. The molecule has 0 unspecified atom stereocenters. The van der Waals surface area contributed by atoms with Crippen molar-refractivity contribution in [3.8, 4) is 0 Å². The molecule has 7 nitrogen and oxygen atoms in total. The molecule has 0 bridgehead atoms. The van der Waals surface area contributed by atoms with Gasteiger partial charge >= 0.3 is 5.97 Å². The van der Waals surface area contributed by atoms with Crippen LogP contribution in [0.3, 0.4) is 0 Å². The lowest BCUT2D eigenvalue weighted by atomic mass is 10.1. The van der Waals surface area contributed by atoms with Gasteiger partial charge in [0.2, 0.25) is 0 Å². The molecular formula is C14H23NO6. The Morgan fingerprint density at radius 2 is 2.14 bits per heavy atom. The maximum absolute atomic E-state index is 12.3. The Morgan fingerprint density at radius 3 is 2.81 bits per heavy atom. The first-order chi connectivity index (χ1) is 10.1. The van der Waals surface area contributed by atoms with Crippen molar-refractivity contribution >= 4 is 11.9 Å². The number of morpholine rings is 1. The number of carboxylic acids is 1. The Labute approximate surface area is 124 Å². The molecule has 2 heterocycles. The molecular weight excluding hydrogens is 278 g/mol. The second kappa shape index (κ2) is 7.72. The van der Waals surface area contributed by atoms with Gasteiger partial charge in [-0.3, -0.25) is 4.79 Å². The van der Waals surface area contributed by atoms with Crippen LogP contribution >= 0.6 is 0 Å². The molecule has 2 saturated heterocycles. The lowest BCUT2D eigenvalue weighted by molar-refractivity contribution is -0.164. The van der Waals surface area contributed by atoms with Gasteiger partial charge in [-0.15, -0.1) is 0 Å². The standard InChI is InChI=1S/C14H23NO6/c1-10(21-9-11-4-2-3-6-19-11)13(16)15-5-7-20-12(8-15)14(17)18/h10-12H,2-9H2,1H3,(H,17,18)/t10-,11-,12+/m0/s1. The zero-order valence-corrected chi connectivity index (χ0v) is 12.3. The third-order valence-electron chi connectivity index (χ3n) is 3.81. The third kappa shape index (κ3) is 4.66. The van der Waals surface area contributed by atoms with Crippen LogP contribution in [0.2, 0.25) is 0 Å². The number of amides is 1. The summed E-state index contributed by atoms with van der Waals surface area (Å²) in [7, 11) is 0. The van der Waals surface area contributed by atoms with Crippen molar-refractivity contribution in [3.63, 3.8) is 0 Å². The van der Waals surface area contributed by atoms with Gasteiger partial charge in [-0.05, 0) is 26.2 Å². The predicted molar refractivity (Wildman–Crippen MR) is 73.0 cm³/mol. The van der Waals surface area contributed by atoms with Gasteiger partial charge in [-0.25, -0.2) is 4.79 Å². The summed E-state index contributed by atoms with van der Waals surface area (Å²) in [6.45, 7) is 3.55. The largest absolute Gasteiger partial charge is 0.479 e. The number of nitrogens with zero attached hydrogens (tertiary/aromatic N) is 1. The molecule has 0 aromatic carbocycles. The van der Waals surface area contributed by atoms with Crippen molar-refractivity contribution < 1.29 is 28.9 Å². The molecule has 2 aliphatic heterocycles. The lowest BCUT2D eigenvalue weighted by Gasteiger charge is -2.33. The van der Waals surface area contributed by atoms with Gasteiger partial charge in [0.1, 0.15) is 6.10 Å². The fourth-order valence-corrected chi connectivity index (χ4v) is 2.52. The molecule has 1 N–H and O–H groups in total. The number of aliphatic carboxylic acids is 1. The second-order valence-electron chi connectivity index (χ2n) is 5.45. The number of rotatable bonds is 5.